The molecule has 2 atom stereocenters. The average Bonchev–Trinajstić information content (AvgIpc) is 2.91. The molecule has 0 spiro atoms. The molecule has 1 fully saturated rings. The van der Waals surface area contributed by atoms with Gasteiger partial charge in [-0.1, -0.05) is 25.1 Å². The summed E-state index contributed by atoms with van der Waals surface area (Å²) in [5.74, 6) is 0.709. The van der Waals surface area contributed by atoms with Crippen molar-refractivity contribution in [2.24, 2.45) is 4.99 Å². The van der Waals surface area contributed by atoms with Crippen LogP contribution in [0.15, 0.2) is 29.3 Å². The number of guanidine groups is 1. The van der Waals surface area contributed by atoms with E-state index < -0.39 is 21.6 Å². The lowest BCUT2D eigenvalue weighted by molar-refractivity contribution is -0.137. The zero-order valence-corrected chi connectivity index (χ0v) is 18.4. The van der Waals surface area contributed by atoms with Crippen LogP contribution < -0.4 is 10.6 Å². The quantitative estimate of drug-likeness (QED) is 0.357. The summed E-state index contributed by atoms with van der Waals surface area (Å²) in [5.41, 5.74) is -0.0128. The smallest absolute Gasteiger partial charge is 0.356 e. The molecule has 0 radical (unpaired) electrons. The third-order valence-electron chi connectivity index (χ3n) is 4.45. The summed E-state index contributed by atoms with van der Waals surface area (Å²) in [7, 11) is -1.38. The molecule has 154 valence electrons. The van der Waals surface area contributed by atoms with Crippen molar-refractivity contribution in [2.45, 2.75) is 37.9 Å². The summed E-state index contributed by atoms with van der Waals surface area (Å²) < 4.78 is 61.4. The zero-order chi connectivity index (χ0) is 19.4. The number of nitrogens with one attached hydrogen (secondary N) is 2. The van der Waals surface area contributed by atoms with Crippen LogP contribution in [0.5, 0.6) is 0 Å². The molecule has 2 N–H and O–H groups in total. The number of benzene rings is 1. The molecule has 0 saturated carbocycles. The van der Waals surface area contributed by atoms with Gasteiger partial charge in [-0.05, 0) is 30.4 Å². The van der Waals surface area contributed by atoms with Crippen LogP contribution in [-0.2, 0) is 16.0 Å². The van der Waals surface area contributed by atoms with Crippen molar-refractivity contribution in [3.63, 3.8) is 0 Å². The summed E-state index contributed by atoms with van der Waals surface area (Å²) in [6, 6.07) is 5.20. The summed E-state index contributed by atoms with van der Waals surface area (Å²) in [5, 5.41) is 6.17. The van der Waals surface area contributed by atoms with Crippen molar-refractivity contribution in [2.75, 3.05) is 25.1 Å². The van der Waals surface area contributed by atoms with Gasteiger partial charge in [0.2, 0.25) is 0 Å². The van der Waals surface area contributed by atoms with Crippen LogP contribution in [0.1, 0.15) is 36.8 Å². The number of rotatable bonds is 5. The molecule has 1 aliphatic heterocycles. The third-order valence-corrected chi connectivity index (χ3v) is 6.22. The Labute approximate surface area is 175 Å². The van der Waals surface area contributed by atoms with E-state index in [-0.39, 0.29) is 47.4 Å². The Kier molecular flexibility index (Phi) is 8.84. The van der Waals surface area contributed by atoms with Gasteiger partial charge in [-0.3, -0.25) is 4.99 Å². The first-order valence-electron chi connectivity index (χ1n) is 8.45. The van der Waals surface area contributed by atoms with Crippen LogP contribution in [0.2, 0.25) is 0 Å². The van der Waals surface area contributed by atoms with Crippen molar-refractivity contribution in [3.8, 4) is 0 Å². The van der Waals surface area contributed by atoms with Gasteiger partial charge in [-0.15, -0.1) is 24.0 Å². The van der Waals surface area contributed by atoms with Crippen LogP contribution in [0.25, 0.3) is 0 Å². The molecule has 10 heteroatoms. The van der Waals surface area contributed by atoms with E-state index in [1.807, 2.05) is 6.92 Å². The predicted octanol–water partition coefficient (Wildman–Crippen LogP) is 3.17. The second kappa shape index (κ2) is 9.94. The molecule has 1 heterocycles. The molecular weight excluding hydrogens is 494 g/mol. The van der Waals surface area contributed by atoms with E-state index in [2.05, 4.69) is 15.6 Å². The van der Waals surface area contributed by atoms with Crippen LogP contribution in [0.4, 0.5) is 13.2 Å². The fourth-order valence-electron chi connectivity index (χ4n) is 2.89. The zero-order valence-electron chi connectivity index (χ0n) is 15.2. The Morgan fingerprint density at radius 3 is 2.63 bits per heavy atom. The molecule has 0 bridgehead atoms. The van der Waals surface area contributed by atoms with Crippen molar-refractivity contribution in [1.82, 2.24) is 10.6 Å². The lowest BCUT2D eigenvalue weighted by atomic mass is 9.96. The van der Waals surface area contributed by atoms with Crippen molar-refractivity contribution < 1.29 is 21.6 Å². The van der Waals surface area contributed by atoms with E-state index in [1.54, 1.807) is 13.1 Å². The van der Waals surface area contributed by atoms with E-state index >= 15 is 0 Å². The van der Waals surface area contributed by atoms with Gasteiger partial charge in [0, 0.05) is 19.6 Å². The number of halogens is 4. The number of hydrogen-bond donors (Lipinski definition) is 2. The minimum absolute atomic E-state index is 0. The Hall–Kier alpha value is -1.04. The fraction of sp³-hybridized carbons (Fsp3) is 0.588. The second-order valence-electron chi connectivity index (χ2n) is 6.56. The van der Waals surface area contributed by atoms with Gasteiger partial charge in [0.25, 0.3) is 0 Å². The molecule has 0 aromatic heterocycles. The average molecular weight is 519 g/mol. The predicted molar refractivity (Wildman–Crippen MR) is 111 cm³/mol. The Bertz CT molecular complexity index is 754. The highest BCUT2D eigenvalue weighted by atomic mass is 127. The highest BCUT2D eigenvalue weighted by Crippen LogP contribution is 2.31. The molecule has 5 nitrogen and oxygen atoms in total. The molecule has 2 rings (SSSR count). The molecule has 27 heavy (non-hydrogen) atoms. The monoisotopic (exact) mass is 519 g/mol. The van der Waals surface area contributed by atoms with Gasteiger partial charge in [-0.25, -0.2) is 8.42 Å². The molecular formula is C17H25F3IN3O2S. The number of aliphatic imine (C=N–C) groups is 1. The fourth-order valence-corrected chi connectivity index (χ4v) is 4.57. The number of sulfone groups is 1. The Morgan fingerprint density at radius 2 is 2.07 bits per heavy atom. The van der Waals surface area contributed by atoms with E-state index in [9.17, 15) is 21.6 Å². The minimum Gasteiger partial charge on any atom is -0.356 e. The number of alkyl halides is 3. The lowest BCUT2D eigenvalue weighted by Crippen LogP contribution is -2.44. The second-order valence-corrected chi connectivity index (χ2v) is 8.78. The third kappa shape index (κ3) is 7.47. The van der Waals surface area contributed by atoms with Crippen molar-refractivity contribution >= 4 is 39.8 Å². The Morgan fingerprint density at radius 1 is 1.37 bits per heavy atom. The van der Waals surface area contributed by atoms with E-state index in [4.69, 9.17) is 0 Å². The van der Waals surface area contributed by atoms with Crippen LogP contribution >= 0.6 is 24.0 Å². The molecule has 1 saturated heterocycles. The molecule has 1 aliphatic rings. The van der Waals surface area contributed by atoms with Crippen molar-refractivity contribution in [1.29, 1.82) is 0 Å². The number of nitrogens with zero attached hydrogens (tertiary/aromatic N) is 1. The highest BCUT2D eigenvalue weighted by molar-refractivity contribution is 14.0. The first kappa shape index (κ1) is 24.0. The van der Waals surface area contributed by atoms with Gasteiger partial charge >= 0.3 is 6.18 Å². The SMILES string of the molecule is CN=C(NCCC(C)c1cccc(C(F)(F)F)c1)NC1CCS(=O)(=O)C1.I. The van der Waals surface area contributed by atoms with E-state index in [0.29, 0.717) is 30.9 Å². The number of hydrogen-bond acceptors (Lipinski definition) is 3. The van der Waals surface area contributed by atoms with Crippen LogP contribution in [0, 0.1) is 0 Å². The van der Waals surface area contributed by atoms with Gasteiger partial charge in [0.15, 0.2) is 15.8 Å². The summed E-state index contributed by atoms with van der Waals surface area (Å²) in [6.45, 7) is 2.38. The van der Waals surface area contributed by atoms with Crippen LogP contribution in [0.3, 0.4) is 0 Å². The van der Waals surface area contributed by atoms with Crippen LogP contribution in [-0.4, -0.2) is 45.5 Å². The minimum atomic E-state index is -4.35. The van der Waals surface area contributed by atoms with Gasteiger partial charge in [-0.2, -0.15) is 13.2 Å². The molecule has 1 aromatic carbocycles. The largest absolute Gasteiger partial charge is 0.416 e. The van der Waals surface area contributed by atoms with Gasteiger partial charge < -0.3 is 10.6 Å². The maximum Gasteiger partial charge on any atom is 0.416 e. The molecule has 1 aromatic rings. The lowest BCUT2D eigenvalue weighted by Gasteiger charge is -2.18. The maximum atomic E-state index is 12.8. The van der Waals surface area contributed by atoms with Gasteiger partial charge in [0.1, 0.15) is 0 Å². The normalized spacial score (nSPS) is 20.6. The van der Waals surface area contributed by atoms with Crippen molar-refractivity contribution in [3.05, 3.63) is 35.4 Å². The Balaban J connectivity index is 0.00000364. The highest BCUT2D eigenvalue weighted by Gasteiger charge is 2.31. The maximum absolute atomic E-state index is 12.8. The standard InChI is InChI=1S/C17H24F3N3O2S.HI/c1-12(13-4-3-5-14(10-13)17(18,19)20)6-8-22-16(21-2)23-15-7-9-26(24,25)11-15;/h3-5,10,12,15H,6-9,11H2,1-2H3,(H2,21,22,23);1H. The first-order chi connectivity index (χ1) is 12.1. The topological polar surface area (TPSA) is 70.6 Å². The van der Waals surface area contributed by atoms with Gasteiger partial charge in [0.05, 0.1) is 17.1 Å². The van der Waals surface area contributed by atoms with E-state index in [1.165, 1.54) is 12.1 Å². The summed E-state index contributed by atoms with van der Waals surface area (Å²) in [6.07, 6.45) is -3.18. The molecule has 0 amide bonds. The first-order valence-corrected chi connectivity index (χ1v) is 10.3. The summed E-state index contributed by atoms with van der Waals surface area (Å²) in [4.78, 5) is 4.07. The summed E-state index contributed by atoms with van der Waals surface area (Å²) >= 11 is 0. The van der Waals surface area contributed by atoms with E-state index in [0.717, 1.165) is 6.07 Å². The molecule has 0 aliphatic carbocycles. The molecule has 2 unspecified atom stereocenters.